The molecule has 3 N–H and O–H groups in total. The van der Waals surface area contributed by atoms with Crippen LogP contribution in [-0.2, 0) is 6.42 Å². The number of ketones is 1. The average molecular weight is 245 g/mol. The van der Waals surface area contributed by atoms with Gasteiger partial charge in [0.15, 0.2) is 5.78 Å². The molecule has 0 bridgehead atoms. The van der Waals surface area contributed by atoms with Gasteiger partial charge in [-0.1, -0.05) is 17.7 Å². The number of nitrogen functional groups attached to an aromatic ring is 1. The predicted molar refractivity (Wildman–Crippen MR) is 68.8 cm³/mol. The third-order valence-electron chi connectivity index (χ3n) is 2.76. The van der Waals surface area contributed by atoms with E-state index in [1.807, 2.05) is 25.1 Å². The Balaban J connectivity index is 2.27. The van der Waals surface area contributed by atoms with Gasteiger partial charge in [-0.15, -0.1) is 0 Å². The largest absolute Gasteiger partial charge is 0.496 e. The van der Waals surface area contributed by atoms with Crippen LogP contribution in [0, 0.1) is 6.92 Å². The number of anilines is 1. The maximum atomic E-state index is 12.1. The molecule has 5 heteroatoms. The zero-order valence-corrected chi connectivity index (χ0v) is 10.4. The Hall–Kier alpha value is -2.30. The van der Waals surface area contributed by atoms with E-state index in [4.69, 9.17) is 10.5 Å². The molecule has 0 spiro atoms. The van der Waals surface area contributed by atoms with Gasteiger partial charge >= 0.3 is 0 Å². The number of nitrogens with two attached hydrogens (primary N) is 1. The fourth-order valence-corrected chi connectivity index (χ4v) is 1.83. The monoisotopic (exact) mass is 245 g/mol. The SMILES string of the molecule is COc1ccc(C)cc1CC(=O)c1cn[nH]c1N. The molecule has 0 atom stereocenters. The number of aromatic amines is 1. The highest BCUT2D eigenvalue weighted by Crippen LogP contribution is 2.22. The van der Waals surface area contributed by atoms with Crippen molar-refractivity contribution in [1.29, 1.82) is 0 Å². The molecule has 5 nitrogen and oxygen atoms in total. The molecule has 0 fully saturated rings. The summed E-state index contributed by atoms with van der Waals surface area (Å²) in [5.41, 5.74) is 7.97. The van der Waals surface area contributed by atoms with Gasteiger partial charge in [-0.2, -0.15) is 5.10 Å². The molecule has 94 valence electrons. The third-order valence-corrected chi connectivity index (χ3v) is 2.76. The summed E-state index contributed by atoms with van der Waals surface area (Å²) in [6.07, 6.45) is 1.69. The predicted octanol–water partition coefficient (Wildman–Crippen LogP) is 1.73. The number of nitrogens with zero attached hydrogens (tertiary/aromatic N) is 1. The second-order valence-corrected chi connectivity index (χ2v) is 4.11. The first-order chi connectivity index (χ1) is 8.61. The lowest BCUT2D eigenvalue weighted by Crippen LogP contribution is -2.06. The van der Waals surface area contributed by atoms with E-state index in [1.54, 1.807) is 7.11 Å². The molecule has 1 aromatic carbocycles. The van der Waals surface area contributed by atoms with Crippen LogP contribution in [0.3, 0.4) is 0 Å². The number of hydrogen-bond donors (Lipinski definition) is 2. The van der Waals surface area contributed by atoms with Gasteiger partial charge < -0.3 is 10.5 Å². The fourth-order valence-electron chi connectivity index (χ4n) is 1.83. The summed E-state index contributed by atoms with van der Waals surface area (Å²) in [5, 5.41) is 6.29. The Morgan fingerprint density at radius 1 is 1.50 bits per heavy atom. The molecule has 0 amide bonds. The number of Topliss-reactive ketones (excluding diaryl/α,β-unsaturated/α-hetero) is 1. The molecule has 0 unspecified atom stereocenters. The summed E-state index contributed by atoms with van der Waals surface area (Å²) in [5.74, 6) is 0.924. The maximum Gasteiger partial charge on any atom is 0.172 e. The zero-order chi connectivity index (χ0) is 13.1. The molecule has 2 rings (SSSR count). The standard InChI is InChI=1S/C13H15N3O2/c1-8-3-4-12(18-2)9(5-8)6-11(17)10-7-15-16-13(10)14/h3-5,7H,6H2,1-2H3,(H3,14,15,16). The van der Waals surface area contributed by atoms with Gasteiger partial charge in [0.1, 0.15) is 11.6 Å². The normalized spacial score (nSPS) is 10.3. The van der Waals surface area contributed by atoms with E-state index in [2.05, 4.69) is 10.2 Å². The molecule has 1 aromatic heterocycles. The van der Waals surface area contributed by atoms with Crippen LogP contribution in [0.25, 0.3) is 0 Å². The van der Waals surface area contributed by atoms with Crippen LogP contribution in [0.2, 0.25) is 0 Å². The van der Waals surface area contributed by atoms with Crippen LogP contribution in [0.5, 0.6) is 5.75 Å². The summed E-state index contributed by atoms with van der Waals surface area (Å²) in [6.45, 7) is 1.97. The van der Waals surface area contributed by atoms with Gasteiger partial charge in [-0.05, 0) is 13.0 Å². The van der Waals surface area contributed by atoms with Crippen LogP contribution in [0.4, 0.5) is 5.82 Å². The first kappa shape index (κ1) is 12.2. The maximum absolute atomic E-state index is 12.1. The summed E-state index contributed by atoms with van der Waals surface area (Å²) in [6, 6.07) is 5.74. The Morgan fingerprint density at radius 3 is 2.89 bits per heavy atom. The van der Waals surface area contributed by atoms with Crippen molar-refractivity contribution in [3.05, 3.63) is 41.1 Å². The lowest BCUT2D eigenvalue weighted by molar-refractivity contribution is 0.0993. The van der Waals surface area contributed by atoms with Crippen molar-refractivity contribution in [2.45, 2.75) is 13.3 Å². The Bertz CT molecular complexity index is 575. The number of hydrogen-bond acceptors (Lipinski definition) is 4. The van der Waals surface area contributed by atoms with Gasteiger partial charge in [0.05, 0.1) is 18.9 Å². The second-order valence-electron chi connectivity index (χ2n) is 4.11. The summed E-state index contributed by atoms with van der Waals surface area (Å²) in [7, 11) is 1.59. The first-order valence-electron chi connectivity index (χ1n) is 5.57. The molecular weight excluding hydrogens is 230 g/mol. The average Bonchev–Trinajstić information content (AvgIpc) is 2.76. The molecule has 0 aliphatic rings. The van der Waals surface area contributed by atoms with E-state index in [9.17, 15) is 4.79 Å². The van der Waals surface area contributed by atoms with E-state index >= 15 is 0 Å². The number of carbonyl (C=O) groups is 1. The lowest BCUT2D eigenvalue weighted by Gasteiger charge is -2.08. The van der Waals surface area contributed by atoms with Gasteiger partial charge in [0, 0.05) is 12.0 Å². The van der Waals surface area contributed by atoms with Crippen LogP contribution < -0.4 is 10.5 Å². The van der Waals surface area contributed by atoms with E-state index in [-0.39, 0.29) is 12.2 Å². The van der Waals surface area contributed by atoms with Crippen molar-refractivity contribution in [3.63, 3.8) is 0 Å². The first-order valence-corrected chi connectivity index (χ1v) is 5.57. The Labute approximate surface area is 105 Å². The number of H-pyrrole nitrogens is 1. The highest BCUT2D eigenvalue weighted by Gasteiger charge is 2.14. The van der Waals surface area contributed by atoms with Gasteiger partial charge in [-0.3, -0.25) is 9.89 Å². The highest BCUT2D eigenvalue weighted by molar-refractivity contribution is 6.01. The van der Waals surface area contributed by atoms with Gasteiger partial charge in [0.2, 0.25) is 0 Å². The molecule has 0 saturated carbocycles. The Kier molecular flexibility index (Phi) is 3.32. The minimum atomic E-state index is -0.0786. The number of ether oxygens (including phenoxy) is 1. The number of nitrogens with one attached hydrogen (secondary N) is 1. The van der Waals surface area contributed by atoms with Crippen molar-refractivity contribution in [3.8, 4) is 5.75 Å². The van der Waals surface area contributed by atoms with Crippen LogP contribution in [0.15, 0.2) is 24.4 Å². The van der Waals surface area contributed by atoms with Crippen molar-refractivity contribution >= 4 is 11.6 Å². The van der Waals surface area contributed by atoms with Crippen molar-refractivity contribution in [1.82, 2.24) is 10.2 Å². The molecule has 0 saturated heterocycles. The lowest BCUT2D eigenvalue weighted by atomic mass is 10.0. The molecule has 0 aliphatic carbocycles. The fraction of sp³-hybridized carbons (Fsp3) is 0.231. The number of aromatic nitrogens is 2. The quantitative estimate of drug-likeness (QED) is 0.804. The summed E-state index contributed by atoms with van der Waals surface area (Å²) in [4.78, 5) is 12.1. The number of benzene rings is 1. The molecule has 18 heavy (non-hydrogen) atoms. The summed E-state index contributed by atoms with van der Waals surface area (Å²) < 4.78 is 5.24. The number of methoxy groups -OCH3 is 1. The van der Waals surface area contributed by atoms with Crippen LogP contribution in [-0.4, -0.2) is 23.1 Å². The van der Waals surface area contributed by atoms with Crippen molar-refractivity contribution in [2.24, 2.45) is 0 Å². The van der Waals surface area contributed by atoms with E-state index in [1.165, 1.54) is 6.20 Å². The van der Waals surface area contributed by atoms with Crippen molar-refractivity contribution in [2.75, 3.05) is 12.8 Å². The Morgan fingerprint density at radius 2 is 2.28 bits per heavy atom. The molecule has 0 radical (unpaired) electrons. The topological polar surface area (TPSA) is 81.0 Å². The smallest absolute Gasteiger partial charge is 0.172 e. The molecular formula is C13H15N3O2. The van der Waals surface area contributed by atoms with E-state index in [0.29, 0.717) is 17.1 Å². The van der Waals surface area contributed by atoms with Crippen LogP contribution in [0.1, 0.15) is 21.5 Å². The molecule has 0 aliphatic heterocycles. The minimum absolute atomic E-state index is 0.0786. The highest BCUT2D eigenvalue weighted by atomic mass is 16.5. The van der Waals surface area contributed by atoms with Crippen molar-refractivity contribution < 1.29 is 9.53 Å². The van der Waals surface area contributed by atoms with E-state index in [0.717, 1.165) is 11.1 Å². The third kappa shape index (κ3) is 2.34. The summed E-state index contributed by atoms with van der Waals surface area (Å²) >= 11 is 0. The minimum Gasteiger partial charge on any atom is -0.496 e. The number of aryl methyl sites for hydroxylation is 1. The van der Waals surface area contributed by atoms with Gasteiger partial charge in [0.25, 0.3) is 0 Å². The second kappa shape index (κ2) is 4.91. The zero-order valence-electron chi connectivity index (χ0n) is 10.4. The molecule has 2 aromatic rings. The number of rotatable bonds is 4. The molecule has 1 heterocycles. The van der Waals surface area contributed by atoms with E-state index < -0.39 is 0 Å². The van der Waals surface area contributed by atoms with Gasteiger partial charge in [-0.25, -0.2) is 0 Å². The number of carbonyl (C=O) groups excluding carboxylic acids is 1. The van der Waals surface area contributed by atoms with Crippen LogP contribution >= 0.6 is 0 Å².